The number of sulfone groups is 1. The maximum absolute atomic E-state index is 13.5. The molecule has 3 aliphatic heterocycles. The third-order valence-electron chi connectivity index (χ3n) is 7.13. The Morgan fingerprint density at radius 1 is 1.22 bits per heavy atom. The molecule has 0 bridgehead atoms. The first-order valence-electron chi connectivity index (χ1n) is 12.4. The number of aromatic nitrogens is 1. The molecule has 36 heavy (non-hydrogen) atoms. The molecule has 3 unspecified atom stereocenters. The highest BCUT2D eigenvalue weighted by atomic mass is 32.2. The van der Waals surface area contributed by atoms with E-state index < -0.39 is 15.9 Å². The highest BCUT2D eigenvalue weighted by Crippen LogP contribution is 2.39. The highest BCUT2D eigenvalue weighted by molar-refractivity contribution is 8.26. The molecule has 0 saturated carbocycles. The minimum Gasteiger partial charge on any atom is -0.357 e. The molecule has 3 aliphatic rings. The number of nitrogens with zero attached hydrogens (tertiary/aromatic N) is 4. The van der Waals surface area contributed by atoms with Gasteiger partial charge in [0.15, 0.2) is 9.84 Å². The molecular weight excluding hydrogens is 517 g/mol. The van der Waals surface area contributed by atoms with E-state index in [4.69, 9.17) is 12.2 Å². The molecule has 4 heterocycles. The minimum absolute atomic E-state index is 0.0515. The fraction of sp³-hybridized carbons (Fsp3) is 0.600. The van der Waals surface area contributed by atoms with Gasteiger partial charge in [0.1, 0.15) is 21.8 Å². The predicted octanol–water partition coefficient (Wildman–Crippen LogP) is 3.31. The molecule has 4 rings (SSSR count). The van der Waals surface area contributed by atoms with Crippen molar-refractivity contribution in [1.29, 1.82) is 5.26 Å². The Hall–Kier alpha value is -2.16. The van der Waals surface area contributed by atoms with Crippen LogP contribution < -0.4 is 10.5 Å². The topological polar surface area (TPSA) is 103 Å². The number of amides is 1. The molecule has 0 aliphatic carbocycles. The Kier molecular flexibility index (Phi) is 7.70. The summed E-state index contributed by atoms with van der Waals surface area (Å²) >= 11 is 6.65. The largest absolute Gasteiger partial charge is 0.357 e. The molecule has 1 aromatic heterocycles. The molecule has 0 radical (unpaired) electrons. The molecule has 11 heteroatoms. The zero-order valence-electron chi connectivity index (χ0n) is 21.1. The average Bonchev–Trinajstić information content (AvgIpc) is 3.28. The van der Waals surface area contributed by atoms with Crippen molar-refractivity contribution in [3.8, 4) is 6.07 Å². The minimum atomic E-state index is -3.18. The van der Waals surface area contributed by atoms with Gasteiger partial charge in [0.05, 0.1) is 22.5 Å². The van der Waals surface area contributed by atoms with E-state index in [9.17, 15) is 23.3 Å². The maximum atomic E-state index is 13.5. The molecule has 3 fully saturated rings. The molecule has 0 spiro atoms. The van der Waals surface area contributed by atoms with Crippen LogP contribution in [0.3, 0.4) is 0 Å². The second kappa shape index (κ2) is 10.3. The van der Waals surface area contributed by atoms with Gasteiger partial charge < -0.3 is 4.90 Å². The molecule has 1 aromatic rings. The van der Waals surface area contributed by atoms with Gasteiger partial charge in [-0.3, -0.25) is 19.1 Å². The SMILES string of the molecule is CCCn1c(N2CC(C)CC(C)C2)c(/C=C2\SC(=S)N(C3CCS(=O)(=O)C3)C2=O)c(C)c(C#N)c1=O. The first kappa shape index (κ1) is 26.9. The van der Waals surface area contributed by atoms with Gasteiger partial charge in [-0.05, 0) is 49.7 Å². The van der Waals surface area contributed by atoms with Gasteiger partial charge in [0.2, 0.25) is 0 Å². The van der Waals surface area contributed by atoms with Crippen molar-refractivity contribution in [3.63, 3.8) is 0 Å². The summed E-state index contributed by atoms with van der Waals surface area (Å²) in [6, 6.07) is 1.63. The molecule has 0 N–H and O–H groups in total. The monoisotopic (exact) mass is 548 g/mol. The van der Waals surface area contributed by atoms with Crippen molar-refractivity contribution in [2.75, 3.05) is 29.5 Å². The summed E-state index contributed by atoms with van der Waals surface area (Å²) in [5, 5.41) is 9.84. The Morgan fingerprint density at radius 3 is 2.44 bits per heavy atom. The number of thiocarbonyl (C=S) groups is 1. The first-order valence-corrected chi connectivity index (χ1v) is 15.4. The van der Waals surface area contributed by atoms with Gasteiger partial charge in [-0.15, -0.1) is 0 Å². The third kappa shape index (κ3) is 5.00. The smallest absolute Gasteiger partial charge is 0.270 e. The lowest BCUT2D eigenvalue weighted by Crippen LogP contribution is -2.43. The molecule has 0 aromatic carbocycles. The number of carbonyl (C=O) groups excluding carboxylic acids is 1. The Bertz CT molecular complexity index is 1330. The fourth-order valence-electron chi connectivity index (χ4n) is 5.66. The van der Waals surface area contributed by atoms with Gasteiger partial charge in [-0.2, -0.15) is 5.26 Å². The van der Waals surface area contributed by atoms with Crippen LogP contribution in [0.25, 0.3) is 6.08 Å². The average molecular weight is 549 g/mol. The maximum Gasteiger partial charge on any atom is 0.270 e. The van der Waals surface area contributed by atoms with Crippen molar-refractivity contribution >= 4 is 55.9 Å². The van der Waals surface area contributed by atoms with E-state index in [1.54, 1.807) is 17.6 Å². The second-order valence-corrected chi connectivity index (χ2v) is 14.2. The lowest BCUT2D eigenvalue weighted by molar-refractivity contribution is -0.123. The van der Waals surface area contributed by atoms with Gasteiger partial charge in [-0.1, -0.05) is 44.8 Å². The number of hydrogen-bond donors (Lipinski definition) is 0. The molecule has 3 saturated heterocycles. The molecule has 8 nitrogen and oxygen atoms in total. The summed E-state index contributed by atoms with van der Waals surface area (Å²) in [5.41, 5.74) is 0.998. The van der Waals surface area contributed by atoms with E-state index in [1.807, 2.05) is 6.92 Å². The van der Waals surface area contributed by atoms with E-state index in [0.717, 1.165) is 43.5 Å². The van der Waals surface area contributed by atoms with Crippen LogP contribution in [-0.2, 0) is 21.2 Å². The summed E-state index contributed by atoms with van der Waals surface area (Å²) in [4.78, 5) is 30.9. The van der Waals surface area contributed by atoms with Crippen LogP contribution in [0.4, 0.5) is 5.82 Å². The molecule has 3 atom stereocenters. The lowest BCUT2D eigenvalue weighted by atomic mass is 9.91. The Balaban J connectivity index is 1.86. The number of carbonyl (C=O) groups is 1. The molecule has 194 valence electrons. The summed E-state index contributed by atoms with van der Waals surface area (Å²) in [6.07, 6.45) is 3.94. The number of pyridine rings is 1. The van der Waals surface area contributed by atoms with Crippen LogP contribution in [0.15, 0.2) is 9.70 Å². The fourth-order valence-corrected chi connectivity index (χ4v) is 8.74. The standard InChI is InChI=1S/C25H32N4O4S3/c1-5-7-28-22(27-12-15(2)9-16(3)13-27)19(17(4)20(11-26)23(28)30)10-21-24(31)29(25(34)35-21)18-6-8-36(32,33)14-18/h10,15-16,18H,5-9,12-14H2,1-4H3/b21-10-. The number of rotatable bonds is 5. The Morgan fingerprint density at radius 2 is 1.89 bits per heavy atom. The van der Waals surface area contributed by atoms with Crippen molar-refractivity contribution < 1.29 is 13.2 Å². The van der Waals surface area contributed by atoms with Gasteiger partial charge in [-0.25, -0.2) is 8.42 Å². The van der Waals surface area contributed by atoms with Crippen LogP contribution in [0.5, 0.6) is 0 Å². The van der Waals surface area contributed by atoms with Crippen molar-refractivity contribution in [3.05, 3.63) is 31.9 Å². The summed E-state index contributed by atoms with van der Waals surface area (Å²) in [5.74, 6) is 1.27. The second-order valence-electron chi connectivity index (χ2n) is 10.3. The van der Waals surface area contributed by atoms with Crippen LogP contribution in [0, 0.1) is 30.1 Å². The predicted molar refractivity (Wildman–Crippen MR) is 148 cm³/mol. The highest BCUT2D eigenvalue weighted by Gasteiger charge is 2.42. The number of thioether (sulfide) groups is 1. The van der Waals surface area contributed by atoms with Crippen molar-refractivity contribution in [1.82, 2.24) is 9.47 Å². The zero-order chi connectivity index (χ0) is 26.4. The van der Waals surface area contributed by atoms with Gasteiger partial charge in [0, 0.05) is 25.2 Å². The number of nitriles is 1. The van der Waals surface area contributed by atoms with Crippen LogP contribution in [-0.4, -0.2) is 58.7 Å². The number of hydrogen-bond acceptors (Lipinski definition) is 8. The number of piperidine rings is 1. The van der Waals surface area contributed by atoms with E-state index >= 15 is 0 Å². The quantitative estimate of drug-likeness (QED) is 0.408. The lowest BCUT2D eigenvalue weighted by Gasteiger charge is -2.39. The Labute approximate surface area is 222 Å². The first-order chi connectivity index (χ1) is 17.0. The molecular formula is C25H32N4O4S3. The number of anilines is 1. The van der Waals surface area contributed by atoms with E-state index in [1.165, 1.54) is 4.90 Å². The summed E-state index contributed by atoms with van der Waals surface area (Å²) in [7, 11) is -3.18. The third-order valence-corrected chi connectivity index (χ3v) is 10.2. The summed E-state index contributed by atoms with van der Waals surface area (Å²) < 4.78 is 26.1. The summed E-state index contributed by atoms with van der Waals surface area (Å²) in [6.45, 7) is 10.2. The van der Waals surface area contributed by atoms with Gasteiger partial charge >= 0.3 is 0 Å². The van der Waals surface area contributed by atoms with E-state index in [0.29, 0.717) is 45.2 Å². The zero-order valence-corrected chi connectivity index (χ0v) is 23.6. The van der Waals surface area contributed by atoms with E-state index in [-0.39, 0.29) is 28.5 Å². The van der Waals surface area contributed by atoms with E-state index in [2.05, 4.69) is 24.8 Å². The van der Waals surface area contributed by atoms with Crippen molar-refractivity contribution in [2.24, 2.45) is 11.8 Å². The van der Waals surface area contributed by atoms with Crippen LogP contribution >= 0.6 is 24.0 Å². The molecule has 1 amide bonds. The van der Waals surface area contributed by atoms with Crippen LogP contribution in [0.1, 0.15) is 56.7 Å². The van der Waals surface area contributed by atoms with Crippen LogP contribution in [0.2, 0.25) is 0 Å². The van der Waals surface area contributed by atoms with Crippen molar-refractivity contribution in [2.45, 2.75) is 59.5 Å². The van der Waals surface area contributed by atoms with Gasteiger partial charge in [0.25, 0.3) is 11.5 Å². The normalized spacial score (nSPS) is 27.2.